The number of nitrogens with zero attached hydrogens (tertiary/aromatic N) is 2. The lowest BCUT2D eigenvalue weighted by molar-refractivity contribution is 0.410. The van der Waals surface area contributed by atoms with Gasteiger partial charge in [0, 0.05) is 33.2 Å². The first-order valence-corrected chi connectivity index (χ1v) is 11.3. The zero-order valence-electron chi connectivity index (χ0n) is 18.3. The maximum atomic E-state index is 12.6. The molecular weight excluding hydrogens is 511 g/mol. The second kappa shape index (κ2) is 12.3. The van der Waals surface area contributed by atoms with Crippen LogP contribution in [0.5, 0.6) is 0 Å². The number of halogens is 1. The molecule has 0 aliphatic carbocycles. The number of nitrogens with one attached hydrogen (secondary N) is 2. The summed E-state index contributed by atoms with van der Waals surface area (Å²) in [4.78, 5) is 4.57. The molecule has 0 saturated carbocycles. The van der Waals surface area contributed by atoms with Crippen molar-refractivity contribution >= 4 is 40.0 Å². The Labute approximate surface area is 198 Å². The van der Waals surface area contributed by atoms with Crippen LogP contribution in [0, 0.1) is 0 Å². The Hall–Kier alpha value is -1.65. The summed E-state index contributed by atoms with van der Waals surface area (Å²) < 4.78 is 26.5. The van der Waals surface area contributed by atoms with E-state index in [0.717, 1.165) is 12.0 Å². The van der Waals surface area contributed by atoms with E-state index in [2.05, 4.69) is 40.7 Å². The average molecular weight is 545 g/mol. The van der Waals surface area contributed by atoms with Gasteiger partial charge in [-0.15, -0.1) is 24.0 Å². The molecule has 0 aliphatic heterocycles. The van der Waals surface area contributed by atoms with E-state index in [1.807, 2.05) is 32.0 Å². The molecule has 0 amide bonds. The van der Waals surface area contributed by atoms with E-state index in [9.17, 15) is 8.42 Å². The van der Waals surface area contributed by atoms with Crippen molar-refractivity contribution in [3.8, 4) is 0 Å². The van der Waals surface area contributed by atoms with Gasteiger partial charge in [0.1, 0.15) is 0 Å². The summed E-state index contributed by atoms with van der Waals surface area (Å²) in [6.07, 6.45) is 0.991. The lowest BCUT2D eigenvalue weighted by Gasteiger charge is -2.21. The second-order valence-corrected chi connectivity index (χ2v) is 9.16. The highest BCUT2D eigenvalue weighted by Gasteiger charge is 2.22. The molecule has 2 rings (SSSR count). The Morgan fingerprint density at radius 3 is 2.10 bits per heavy atom. The summed E-state index contributed by atoms with van der Waals surface area (Å²) in [6, 6.07) is 15.2. The third-order valence-corrected chi connectivity index (χ3v) is 7.00. The third-order valence-electron chi connectivity index (χ3n) is 4.96. The highest BCUT2D eigenvalue weighted by Crippen LogP contribution is 2.17. The Morgan fingerprint density at radius 2 is 1.57 bits per heavy atom. The zero-order chi connectivity index (χ0) is 21.4. The molecule has 2 aromatic carbocycles. The van der Waals surface area contributed by atoms with Crippen molar-refractivity contribution in [2.24, 2.45) is 4.99 Å². The zero-order valence-corrected chi connectivity index (χ0v) is 21.5. The van der Waals surface area contributed by atoms with E-state index < -0.39 is 10.0 Å². The predicted octanol–water partition coefficient (Wildman–Crippen LogP) is 3.76. The summed E-state index contributed by atoms with van der Waals surface area (Å²) in [5, 5.41) is 6.60. The minimum Gasteiger partial charge on any atom is -0.352 e. The molecule has 0 saturated heterocycles. The lowest BCUT2D eigenvalue weighted by Crippen LogP contribution is -2.36. The quantitative estimate of drug-likeness (QED) is 0.302. The maximum Gasteiger partial charge on any atom is 0.243 e. The monoisotopic (exact) mass is 544 g/mol. The second-order valence-electron chi connectivity index (χ2n) is 7.16. The van der Waals surface area contributed by atoms with Crippen molar-refractivity contribution in [2.45, 2.75) is 51.2 Å². The largest absolute Gasteiger partial charge is 0.352 e. The normalized spacial score (nSPS) is 12.0. The molecule has 0 aromatic heterocycles. The van der Waals surface area contributed by atoms with Crippen LogP contribution in [-0.4, -0.2) is 38.8 Å². The van der Waals surface area contributed by atoms with Crippen LogP contribution < -0.4 is 10.6 Å². The Bertz CT molecular complexity index is 928. The topological polar surface area (TPSA) is 73.8 Å². The van der Waals surface area contributed by atoms with Gasteiger partial charge in [-0.25, -0.2) is 8.42 Å². The van der Waals surface area contributed by atoms with Crippen molar-refractivity contribution in [2.75, 3.05) is 14.1 Å². The van der Waals surface area contributed by atoms with Crippen LogP contribution in [0.2, 0.25) is 0 Å². The molecule has 0 atom stereocenters. The summed E-state index contributed by atoms with van der Waals surface area (Å²) in [6.45, 7) is 7.10. The number of guanidine groups is 1. The fourth-order valence-electron chi connectivity index (χ4n) is 2.88. The molecule has 2 N–H and O–H groups in total. The fraction of sp³-hybridized carbons (Fsp3) is 0.409. The highest BCUT2D eigenvalue weighted by molar-refractivity contribution is 14.0. The van der Waals surface area contributed by atoms with Gasteiger partial charge in [0.2, 0.25) is 10.0 Å². The Morgan fingerprint density at radius 1 is 1.00 bits per heavy atom. The fourth-order valence-corrected chi connectivity index (χ4v) is 4.25. The molecule has 0 spiro atoms. The molecule has 6 nitrogen and oxygen atoms in total. The van der Waals surface area contributed by atoms with Crippen molar-refractivity contribution < 1.29 is 8.42 Å². The first kappa shape index (κ1) is 26.4. The SMILES string of the molecule is CCc1ccccc1CNC(=NC)NCc1ccc(S(=O)(=O)N(C)C(C)C)cc1.I. The predicted molar refractivity (Wildman–Crippen MR) is 135 cm³/mol. The number of aliphatic imine (C=N–C) groups is 1. The summed E-state index contributed by atoms with van der Waals surface area (Å²) in [5.74, 6) is 0.701. The molecule has 2 aromatic rings. The lowest BCUT2D eigenvalue weighted by atomic mass is 10.1. The molecule has 0 unspecified atom stereocenters. The minimum absolute atomic E-state index is 0. The number of aryl methyl sites for hydroxylation is 1. The van der Waals surface area contributed by atoms with E-state index in [4.69, 9.17) is 0 Å². The Balaban J connectivity index is 0.00000450. The molecule has 166 valence electrons. The molecule has 0 bridgehead atoms. The van der Waals surface area contributed by atoms with Crippen LogP contribution in [0.1, 0.15) is 37.5 Å². The molecule has 8 heteroatoms. The van der Waals surface area contributed by atoms with Crippen LogP contribution in [0.3, 0.4) is 0 Å². The van der Waals surface area contributed by atoms with Crippen molar-refractivity contribution in [1.82, 2.24) is 14.9 Å². The van der Waals surface area contributed by atoms with E-state index in [1.54, 1.807) is 26.2 Å². The number of rotatable bonds is 8. The molecule has 0 heterocycles. The molecule has 0 fully saturated rings. The van der Waals surface area contributed by atoms with E-state index in [-0.39, 0.29) is 30.0 Å². The maximum absolute atomic E-state index is 12.6. The highest BCUT2D eigenvalue weighted by atomic mass is 127. The van der Waals surface area contributed by atoms with Gasteiger partial charge in [0.05, 0.1) is 4.90 Å². The van der Waals surface area contributed by atoms with Gasteiger partial charge in [-0.3, -0.25) is 4.99 Å². The van der Waals surface area contributed by atoms with Gasteiger partial charge in [0.25, 0.3) is 0 Å². The Kier molecular flexibility index (Phi) is 10.8. The molecule has 0 aliphatic rings. The first-order chi connectivity index (χ1) is 13.8. The number of benzene rings is 2. The van der Waals surface area contributed by atoms with Crippen LogP contribution in [-0.2, 0) is 29.5 Å². The van der Waals surface area contributed by atoms with E-state index in [1.165, 1.54) is 15.4 Å². The van der Waals surface area contributed by atoms with E-state index in [0.29, 0.717) is 23.9 Å². The van der Waals surface area contributed by atoms with Gasteiger partial charge in [-0.05, 0) is 49.1 Å². The summed E-state index contributed by atoms with van der Waals surface area (Å²) in [7, 11) is -0.126. The number of hydrogen-bond acceptors (Lipinski definition) is 3. The third kappa shape index (κ3) is 6.95. The van der Waals surface area contributed by atoms with Gasteiger partial charge < -0.3 is 10.6 Å². The van der Waals surface area contributed by atoms with Gasteiger partial charge in [-0.1, -0.05) is 43.3 Å². The molecular formula is C22H33IN4O2S. The standard InChI is InChI=1S/C22H32N4O2S.HI/c1-6-19-9-7-8-10-20(19)16-25-22(23-4)24-15-18-11-13-21(14-12-18)29(27,28)26(5)17(2)3;/h7-14,17H,6,15-16H2,1-5H3,(H2,23,24,25);1H. The van der Waals surface area contributed by atoms with Gasteiger partial charge in [0.15, 0.2) is 5.96 Å². The average Bonchev–Trinajstić information content (AvgIpc) is 2.73. The molecule has 0 radical (unpaired) electrons. The molecule has 30 heavy (non-hydrogen) atoms. The van der Waals surface area contributed by atoms with E-state index >= 15 is 0 Å². The van der Waals surface area contributed by atoms with Crippen molar-refractivity contribution in [1.29, 1.82) is 0 Å². The van der Waals surface area contributed by atoms with Crippen LogP contribution in [0.4, 0.5) is 0 Å². The van der Waals surface area contributed by atoms with Gasteiger partial charge in [-0.2, -0.15) is 4.31 Å². The summed E-state index contributed by atoms with van der Waals surface area (Å²) >= 11 is 0. The number of sulfonamides is 1. The number of hydrogen-bond donors (Lipinski definition) is 2. The smallest absolute Gasteiger partial charge is 0.243 e. The van der Waals surface area contributed by atoms with Gasteiger partial charge >= 0.3 is 0 Å². The van der Waals surface area contributed by atoms with Crippen molar-refractivity contribution in [3.05, 3.63) is 65.2 Å². The minimum atomic E-state index is -3.46. The van der Waals surface area contributed by atoms with Crippen molar-refractivity contribution in [3.63, 3.8) is 0 Å². The van der Waals surface area contributed by atoms with Crippen LogP contribution >= 0.6 is 24.0 Å². The first-order valence-electron chi connectivity index (χ1n) is 9.87. The van der Waals surface area contributed by atoms with Crippen LogP contribution in [0.15, 0.2) is 58.4 Å². The van der Waals surface area contributed by atoms with Crippen LogP contribution in [0.25, 0.3) is 0 Å². The summed E-state index contributed by atoms with van der Waals surface area (Å²) in [5.41, 5.74) is 3.55.